The molecule has 0 spiro atoms. The minimum absolute atomic E-state index is 0.714. The van der Waals surface area contributed by atoms with Crippen molar-refractivity contribution in [3.05, 3.63) is 53.5 Å². The van der Waals surface area contributed by atoms with Gasteiger partial charge in [0.05, 0.1) is 13.4 Å². The average molecular weight is 301 g/mol. The second-order valence-electron chi connectivity index (χ2n) is 4.99. The molecule has 0 saturated heterocycles. The zero-order chi connectivity index (χ0) is 15.8. The Morgan fingerprint density at radius 2 is 2.14 bits per heavy atom. The van der Waals surface area contributed by atoms with E-state index in [-0.39, 0.29) is 0 Å². The predicted molar refractivity (Wildman–Crippen MR) is 88.3 cm³/mol. The largest absolute Gasteiger partial charge is 0.496 e. The summed E-state index contributed by atoms with van der Waals surface area (Å²) < 4.78 is 10.6. The summed E-state index contributed by atoms with van der Waals surface area (Å²) in [4.78, 5) is 4.22. The standard InChI is InChI=1S/C17H23N3O2/c1-13-11-14(6-7-16(13)21-3)12-20-17(18-2)19-9-8-15-5-4-10-22-15/h4-7,10-11H,8-9,12H2,1-3H3,(H2,18,19,20). The van der Waals surface area contributed by atoms with E-state index in [1.807, 2.05) is 25.1 Å². The lowest BCUT2D eigenvalue weighted by Crippen LogP contribution is -2.37. The summed E-state index contributed by atoms with van der Waals surface area (Å²) >= 11 is 0. The molecule has 0 atom stereocenters. The van der Waals surface area contributed by atoms with Crippen molar-refractivity contribution in [2.24, 2.45) is 4.99 Å². The molecule has 2 rings (SSSR count). The van der Waals surface area contributed by atoms with Gasteiger partial charge in [-0.2, -0.15) is 0 Å². The summed E-state index contributed by atoms with van der Waals surface area (Å²) in [6.07, 6.45) is 2.52. The summed E-state index contributed by atoms with van der Waals surface area (Å²) in [5.74, 6) is 2.65. The fourth-order valence-electron chi connectivity index (χ4n) is 2.22. The summed E-state index contributed by atoms with van der Waals surface area (Å²) in [6.45, 7) is 3.53. The van der Waals surface area contributed by atoms with E-state index in [9.17, 15) is 0 Å². The van der Waals surface area contributed by atoms with Crippen LogP contribution in [0.3, 0.4) is 0 Å². The molecule has 5 heteroatoms. The highest BCUT2D eigenvalue weighted by atomic mass is 16.5. The molecule has 2 aromatic rings. The normalized spacial score (nSPS) is 11.3. The summed E-state index contributed by atoms with van der Waals surface area (Å²) in [6, 6.07) is 10.0. The van der Waals surface area contributed by atoms with Gasteiger partial charge in [-0.3, -0.25) is 4.99 Å². The molecule has 118 valence electrons. The number of hydrogen-bond acceptors (Lipinski definition) is 3. The van der Waals surface area contributed by atoms with Gasteiger partial charge < -0.3 is 19.8 Å². The fraction of sp³-hybridized carbons (Fsp3) is 0.353. The van der Waals surface area contributed by atoms with Crippen LogP contribution in [0.25, 0.3) is 0 Å². The van der Waals surface area contributed by atoms with Gasteiger partial charge in [0.1, 0.15) is 11.5 Å². The highest BCUT2D eigenvalue weighted by molar-refractivity contribution is 5.79. The van der Waals surface area contributed by atoms with E-state index in [1.165, 1.54) is 5.56 Å². The maximum atomic E-state index is 5.30. The number of rotatable bonds is 6. The minimum atomic E-state index is 0.714. The number of aliphatic imine (C=N–C) groups is 1. The van der Waals surface area contributed by atoms with Gasteiger partial charge >= 0.3 is 0 Å². The summed E-state index contributed by atoms with van der Waals surface area (Å²) in [7, 11) is 3.45. The van der Waals surface area contributed by atoms with Crippen molar-refractivity contribution in [3.8, 4) is 5.75 Å². The van der Waals surface area contributed by atoms with Gasteiger partial charge in [0.25, 0.3) is 0 Å². The van der Waals surface area contributed by atoms with Gasteiger partial charge in [-0.15, -0.1) is 0 Å². The molecule has 0 unspecified atom stereocenters. The van der Waals surface area contributed by atoms with E-state index in [1.54, 1.807) is 20.4 Å². The van der Waals surface area contributed by atoms with Gasteiger partial charge in [0.15, 0.2) is 5.96 Å². The van der Waals surface area contributed by atoms with Crippen molar-refractivity contribution < 1.29 is 9.15 Å². The number of hydrogen-bond donors (Lipinski definition) is 2. The first-order chi connectivity index (χ1) is 10.7. The maximum Gasteiger partial charge on any atom is 0.191 e. The van der Waals surface area contributed by atoms with Crippen LogP contribution in [0.15, 0.2) is 46.0 Å². The Hall–Kier alpha value is -2.43. The van der Waals surface area contributed by atoms with Crippen LogP contribution in [0.2, 0.25) is 0 Å². The van der Waals surface area contributed by atoms with Crippen LogP contribution in [0.4, 0.5) is 0 Å². The molecule has 0 radical (unpaired) electrons. The van der Waals surface area contributed by atoms with Gasteiger partial charge in [0.2, 0.25) is 0 Å². The van der Waals surface area contributed by atoms with Crippen LogP contribution >= 0.6 is 0 Å². The summed E-state index contributed by atoms with van der Waals surface area (Å²) in [5.41, 5.74) is 2.31. The van der Waals surface area contributed by atoms with Gasteiger partial charge in [-0.25, -0.2) is 0 Å². The molecule has 0 amide bonds. The number of guanidine groups is 1. The zero-order valence-corrected chi connectivity index (χ0v) is 13.3. The van der Waals surface area contributed by atoms with Crippen molar-refractivity contribution in [1.82, 2.24) is 10.6 Å². The smallest absolute Gasteiger partial charge is 0.191 e. The molecular weight excluding hydrogens is 278 g/mol. The molecule has 0 aliphatic rings. The van der Waals surface area contributed by atoms with Crippen LogP contribution in [0, 0.1) is 6.92 Å². The Morgan fingerprint density at radius 3 is 2.77 bits per heavy atom. The molecule has 0 fully saturated rings. The number of nitrogens with zero attached hydrogens (tertiary/aromatic N) is 1. The monoisotopic (exact) mass is 301 g/mol. The maximum absolute atomic E-state index is 5.30. The lowest BCUT2D eigenvalue weighted by atomic mass is 10.1. The van der Waals surface area contributed by atoms with Crippen molar-refractivity contribution in [2.45, 2.75) is 19.9 Å². The Labute approximate surface area is 131 Å². The van der Waals surface area contributed by atoms with Crippen LogP contribution in [0.1, 0.15) is 16.9 Å². The van der Waals surface area contributed by atoms with E-state index in [0.29, 0.717) is 6.54 Å². The van der Waals surface area contributed by atoms with Crippen LogP contribution in [-0.4, -0.2) is 26.7 Å². The van der Waals surface area contributed by atoms with E-state index in [2.05, 4.69) is 27.8 Å². The van der Waals surface area contributed by atoms with Crippen molar-refractivity contribution in [2.75, 3.05) is 20.7 Å². The highest BCUT2D eigenvalue weighted by Crippen LogP contribution is 2.18. The van der Waals surface area contributed by atoms with E-state index in [0.717, 1.165) is 36.0 Å². The molecular formula is C17H23N3O2. The minimum Gasteiger partial charge on any atom is -0.496 e. The van der Waals surface area contributed by atoms with Crippen molar-refractivity contribution in [3.63, 3.8) is 0 Å². The van der Waals surface area contributed by atoms with Gasteiger partial charge in [-0.05, 0) is 36.2 Å². The highest BCUT2D eigenvalue weighted by Gasteiger charge is 2.02. The van der Waals surface area contributed by atoms with E-state index < -0.39 is 0 Å². The first kappa shape index (κ1) is 15.9. The molecule has 5 nitrogen and oxygen atoms in total. The predicted octanol–water partition coefficient (Wildman–Crippen LogP) is 2.50. The average Bonchev–Trinajstić information content (AvgIpc) is 3.04. The number of benzene rings is 1. The quantitative estimate of drug-likeness (QED) is 0.636. The number of nitrogens with one attached hydrogen (secondary N) is 2. The Morgan fingerprint density at radius 1 is 1.27 bits per heavy atom. The van der Waals surface area contributed by atoms with Crippen molar-refractivity contribution >= 4 is 5.96 Å². The first-order valence-corrected chi connectivity index (χ1v) is 7.33. The molecule has 2 N–H and O–H groups in total. The second-order valence-corrected chi connectivity index (χ2v) is 4.99. The molecule has 0 aliphatic carbocycles. The molecule has 0 aliphatic heterocycles. The molecule has 22 heavy (non-hydrogen) atoms. The molecule has 0 saturated carbocycles. The number of ether oxygens (including phenoxy) is 1. The van der Waals surface area contributed by atoms with E-state index in [4.69, 9.17) is 9.15 Å². The zero-order valence-electron chi connectivity index (χ0n) is 13.3. The number of aryl methyl sites for hydroxylation is 1. The number of methoxy groups -OCH3 is 1. The lowest BCUT2D eigenvalue weighted by molar-refractivity contribution is 0.411. The Bertz CT molecular complexity index is 606. The molecule has 0 bridgehead atoms. The van der Waals surface area contributed by atoms with Crippen LogP contribution in [-0.2, 0) is 13.0 Å². The summed E-state index contributed by atoms with van der Waals surface area (Å²) in [5, 5.41) is 6.57. The van der Waals surface area contributed by atoms with Crippen LogP contribution in [0.5, 0.6) is 5.75 Å². The SMILES string of the molecule is CN=C(NCCc1ccco1)NCc1ccc(OC)c(C)c1. The van der Waals surface area contributed by atoms with Gasteiger partial charge in [0, 0.05) is 26.6 Å². The van der Waals surface area contributed by atoms with Gasteiger partial charge in [-0.1, -0.05) is 12.1 Å². The Kier molecular flexibility index (Phi) is 5.89. The van der Waals surface area contributed by atoms with Crippen molar-refractivity contribution in [1.29, 1.82) is 0 Å². The second kappa shape index (κ2) is 8.12. The number of furan rings is 1. The van der Waals surface area contributed by atoms with E-state index >= 15 is 0 Å². The lowest BCUT2D eigenvalue weighted by Gasteiger charge is -2.12. The van der Waals surface area contributed by atoms with Crippen LogP contribution < -0.4 is 15.4 Å². The third kappa shape index (κ3) is 4.55. The molecule has 1 aromatic heterocycles. The first-order valence-electron chi connectivity index (χ1n) is 7.33. The third-order valence-corrected chi connectivity index (χ3v) is 3.39. The third-order valence-electron chi connectivity index (χ3n) is 3.39. The Balaban J connectivity index is 1.79. The molecule has 1 aromatic carbocycles. The molecule has 1 heterocycles. The fourth-order valence-corrected chi connectivity index (χ4v) is 2.22. The topological polar surface area (TPSA) is 58.8 Å².